The molecule has 2 heterocycles. The molecule has 0 aromatic carbocycles. The highest BCUT2D eigenvalue weighted by atomic mass is 32.1. The molecule has 1 aliphatic heterocycles. The highest BCUT2D eigenvalue weighted by molar-refractivity contribution is 7.15. The molecule has 1 fully saturated rings. The Morgan fingerprint density at radius 3 is 3.06 bits per heavy atom. The van der Waals surface area contributed by atoms with Crippen molar-refractivity contribution in [1.82, 2.24) is 4.98 Å². The third-order valence-corrected chi connectivity index (χ3v) is 5.64. The van der Waals surface area contributed by atoms with Crippen LogP contribution in [0.1, 0.15) is 55.6 Å². The zero-order valence-corrected chi connectivity index (χ0v) is 12.0. The molecular weight excluding hydrogens is 242 g/mol. The lowest BCUT2D eigenvalue weighted by molar-refractivity contribution is 0.404. The van der Waals surface area contributed by atoms with Gasteiger partial charge >= 0.3 is 0 Å². The minimum Gasteiger partial charge on any atom is -0.348 e. The number of piperidine rings is 1. The van der Waals surface area contributed by atoms with Crippen LogP contribution in [0.5, 0.6) is 0 Å². The molecule has 0 amide bonds. The van der Waals surface area contributed by atoms with Gasteiger partial charge in [0.1, 0.15) is 0 Å². The molecule has 18 heavy (non-hydrogen) atoms. The molecule has 0 saturated carbocycles. The first-order chi connectivity index (χ1) is 8.78. The van der Waals surface area contributed by atoms with Gasteiger partial charge in [-0.2, -0.15) is 0 Å². The van der Waals surface area contributed by atoms with Gasteiger partial charge in [-0.3, -0.25) is 0 Å². The van der Waals surface area contributed by atoms with Crippen LogP contribution in [-0.4, -0.2) is 18.1 Å². The third-order valence-electron chi connectivity index (χ3n) is 4.35. The van der Waals surface area contributed by atoms with Crippen LogP contribution in [0.25, 0.3) is 0 Å². The van der Waals surface area contributed by atoms with E-state index < -0.39 is 0 Å². The van der Waals surface area contributed by atoms with E-state index in [0.717, 1.165) is 18.8 Å². The molecule has 2 atom stereocenters. The van der Waals surface area contributed by atoms with Crippen molar-refractivity contribution in [1.29, 1.82) is 0 Å². The predicted molar refractivity (Wildman–Crippen MR) is 77.2 cm³/mol. The second-order valence-electron chi connectivity index (χ2n) is 5.67. The Labute approximate surface area is 113 Å². The quantitative estimate of drug-likeness (QED) is 0.893. The summed E-state index contributed by atoms with van der Waals surface area (Å²) in [5.74, 6) is 0.855. The first kappa shape index (κ1) is 12.4. The van der Waals surface area contributed by atoms with E-state index in [1.807, 2.05) is 11.3 Å². The molecule has 0 spiro atoms. The Kier molecular flexibility index (Phi) is 3.57. The van der Waals surface area contributed by atoms with Gasteiger partial charge in [0.15, 0.2) is 5.13 Å². The van der Waals surface area contributed by atoms with E-state index in [2.05, 4.69) is 11.8 Å². The van der Waals surface area contributed by atoms with Crippen molar-refractivity contribution in [3.63, 3.8) is 0 Å². The van der Waals surface area contributed by atoms with Crippen molar-refractivity contribution >= 4 is 16.5 Å². The zero-order valence-electron chi connectivity index (χ0n) is 11.2. The van der Waals surface area contributed by atoms with Crippen molar-refractivity contribution in [3.8, 4) is 0 Å². The average molecular weight is 265 g/mol. The van der Waals surface area contributed by atoms with Crippen LogP contribution in [0, 0.1) is 5.92 Å². The summed E-state index contributed by atoms with van der Waals surface area (Å²) in [7, 11) is 0. The number of thiazole rings is 1. The Morgan fingerprint density at radius 1 is 1.39 bits per heavy atom. The Hall–Kier alpha value is -0.610. The molecule has 100 valence electrons. The number of hydrogen-bond donors (Lipinski definition) is 1. The predicted octanol–water partition coefficient (Wildman–Crippen LogP) is 3.11. The summed E-state index contributed by atoms with van der Waals surface area (Å²) in [6, 6.07) is 0.242. The minimum absolute atomic E-state index is 0.242. The molecule has 1 aromatic rings. The number of aromatic nitrogens is 1. The molecular formula is C14H23N3S. The number of nitrogens with two attached hydrogens (primary N) is 1. The summed E-state index contributed by atoms with van der Waals surface area (Å²) >= 11 is 1.85. The highest BCUT2D eigenvalue weighted by Gasteiger charge is 2.26. The molecule has 3 rings (SSSR count). The fourth-order valence-corrected chi connectivity index (χ4v) is 4.33. The van der Waals surface area contributed by atoms with E-state index >= 15 is 0 Å². The zero-order chi connectivity index (χ0) is 12.5. The van der Waals surface area contributed by atoms with Crippen LogP contribution < -0.4 is 10.6 Å². The molecule has 0 bridgehead atoms. The van der Waals surface area contributed by atoms with Crippen LogP contribution in [-0.2, 0) is 6.42 Å². The van der Waals surface area contributed by atoms with E-state index in [4.69, 9.17) is 10.7 Å². The minimum atomic E-state index is 0.242. The molecule has 0 radical (unpaired) electrons. The SMILES string of the molecule is CCC1CCCN(c2nc3c(s2)C(N)CCC3)C1. The van der Waals surface area contributed by atoms with Crippen molar-refractivity contribution in [2.45, 2.75) is 51.5 Å². The average Bonchev–Trinajstić information content (AvgIpc) is 2.84. The van der Waals surface area contributed by atoms with Crippen LogP contribution >= 0.6 is 11.3 Å². The maximum atomic E-state index is 6.19. The van der Waals surface area contributed by atoms with E-state index in [1.54, 1.807) is 0 Å². The first-order valence-corrected chi connectivity index (χ1v) is 8.09. The van der Waals surface area contributed by atoms with Crippen LogP contribution in [0.15, 0.2) is 0 Å². The van der Waals surface area contributed by atoms with Crippen LogP contribution in [0.2, 0.25) is 0 Å². The fourth-order valence-electron chi connectivity index (χ4n) is 3.15. The van der Waals surface area contributed by atoms with Gasteiger partial charge in [0.2, 0.25) is 0 Å². The van der Waals surface area contributed by atoms with E-state index in [9.17, 15) is 0 Å². The molecule has 2 aliphatic rings. The Morgan fingerprint density at radius 2 is 2.28 bits per heavy atom. The molecule has 1 saturated heterocycles. The molecule has 3 nitrogen and oxygen atoms in total. The highest BCUT2D eigenvalue weighted by Crippen LogP contribution is 2.37. The molecule has 4 heteroatoms. The summed E-state index contributed by atoms with van der Waals surface area (Å²) < 4.78 is 0. The van der Waals surface area contributed by atoms with Crippen LogP contribution in [0.3, 0.4) is 0 Å². The maximum Gasteiger partial charge on any atom is 0.185 e. The summed E-state index contributed by atoms with van der Waals surface area (Å²) in [4.78, 5) is 8.71. The summed E-state index contributed by atoms with van der Waals surface area (Å²) in [5.41, 5.74) is 7.48. The monoisotopic (exact) mass is 265 g/mol. The summed E-state index contributed by atoms with van der Waals surface area (Å²) in [5, 5.41) is 1.23. The first-order valence-electron chi connectivity index (χ1n) is 7.28. The van der Waals surface area contributed by atoms with E-state index in [0.29, 0.717) is 0 Å². The van der Waals surface area contributed by atoms with Crippen molar-refractivity contribution in [2.75, 3.05) is 18.0 Å². The van der Waals surface area contributed by atoms with Crippen molar-refractivity contribution in [3.05, 3.63) is 10.6 Å². The smallest absolute Gasteiger partial charge is 0.185 e. The molecule has 2 unspecified atom stereocenters. The summed E-state index contributed by atoms with van der Waals surface area (Å²) in [6.07, 6.45) is 7.46. The lowest BCUT2D eigenvalue weighted by Crippen LogP contribution is -2.35. The Bertz CT molecular complexity index is 415. The third kappa shape index (κ3) is 2.28. The van der Waals surface area contributed by atoms with Gasteiger partial charge in [0.05, 0.1) is 5.69 Å². The molecule has 1 aliphatic carbocycles. The van der Waals surface area contributed by atoms with E-state index in [-0.39, 0.29) is 6.04 Å². The molecule has 1 aromatic heterocycles. The number of nitrogens with zero attached hydrogens (tertiary/aromatic N) is 2. The lowest BCUT2D eigenvalue weighted by Gasteiger charge is -2.31. The number of hydrogen-bond acceptors (Lipinski definition) is 4. The second kappa shape index (κ2) is 5.17. The van der Waals surface area contributed by atoms with Gasteiger partial charge in [0.25, 0.3) is 0 Å². The van der Waals surface area contributed by atoms with Gasteiger partial charge in [-0.05, 0) is 38.0 Å². The molecule has 2 N–H and O–H groups in total. The van der Waals surface area contributed by atoms with Gasteiger partial charge < -0.3 is 10.6 Å². The fraction of sp³-hybridized carbons (Fsp3) is 0.786. The number of fused-ring (bicyclic) bond motifs is 1. The Balaban J connectivity index is 1.80. The normalized spacial score (nSPS) is 28.2. The van der Waals surface area contributed by atoms with E-state index in [1.165, 1.54) is 54.5 Å². The van der Waals surface area contributed by atoms with Crippen LogP contribution in [0.4, 0.5) is 5.13 Å². The topological polar surface area (TPSA) is 42.2 Å². The largest absolute Gasteiger partial charge is 0.348 e. The van der Waals surface area contributed by atoms with Gasteiger partial charge in [-0.25, -0.2) is 4.98 Å². The number of anilines is 1. The maximum absolute atomic E-state index is 6.19. The second-order valence-corrected chi connectivity index (χ2v) is 6.68. The number of aryl methyl sites for hydroxylation is 1. The standard InChI is InChI=1S/C14H23N3S/c1-2-10-5-4-8-17(9-10)14-16-12-7-3-6-11(15)13(12)18-14/h10-11H,2-9,15H2,1H3. The summed E-state index contributed by atoms with van der Waals surface area (Å²) in [6.45, 7) is 4.67. The van der Waals surface area contributed by atoms with Gasteiger partial charge in [0, 0.05) is 24.0 Å². The van der Waals surface area contributed by atoms with Crippen molar-refractivity contribution in [2.24, 2.45) is 11.7 Å². The van der Waals surface area contributed by atoms with Crippen molar-refractivity contribution < 1.29 is 0 Å². The van der Waals surface area contributed by atoms with Gasteiger partial charge in [-0.15, -0.1) is 0 Å². The van der Waals surface area contributed by atoms with Gasteiger partial charge in [-0.1, -0.05) is 24.7 Å². The lowest BCUT2D eigenvalue weighted by atomic mass is 9.96. The number of rotatable bonds is 2.